The van der Waals surface area contributed by atoms with Crippen LogP contribution in [-0.4, -0.2) is 39.4 Å². The Morgan fingerprint density at radius 2 is 2.12 bits per heavy atom. The number of pyridine rings is 1. The number of hydrogen-bond donors (Lipinski definition) is 1. The van der Waals surface area contributed by atoms with Gasteiger partial charge in [0.15, 0.2) is 0 Å². The van der Waals surface area contributed by atoms with Crippen LogP contribution < -0.4 is 5.73 Å². The minimum Gasteiger partial charge on any atom is -0.369 e. The number of rotatable bonds is 2. The SMILES string of the molecule is Cc1ccc2c(C(=O)N3C[C@@H]4CCC[C@]4(C(N)=O)C3)cnn2c1C. The van der Waals surface area contributed by atoms with Crippen LogP contribution in [-0.2, 0) is 4.79 Å². The van der Waals surface area contributed by atoms with Gasteiger partial charge >= 0.3 is 0 Å². The zero-order valence-corrected chi connectivity index (χ0v) is 14.1. The summed E-state index contributed by atoms with van der Waals surface area (Å²) in [6.07, 6.45) is 4.42. The van der Waals surface area contributed by atoms with Crippen molar-refractivity contribution in [2.24, 2.45) is 17.1 Å². The molecule has 6 nitrogen and oxygen atoms in total. The molecule has 0 bridgehead atoms. The van der Waals surface area contributed by atoms with Crippen LogP contribution in [0, 0.1) is 25.2 Å². The number of hydrogen-bond acceptors (Lipinski definition) is 3. The molecule has 24 heavy (non-hydrogen) atoms. The molecule has 0 aromatic carbocycles. The Labute approximate surface area is 140 Å². The van der Waals surface area contributed by atoms with Crippen molar-refractivity contribution in [2.45, 2.75) is 33.1 Å². The third-order valence-electron chi connectivity index (χ3n) is 6.07. The fraction of sp³-hybridized carbons (Fsp3) is 0.500. The summed E-state index contributed by atoms with van der Waals surface area (Å²) in [7, 11) is 0. The third kappa shape index (κ3) is 1.92. The minimum absolute atomic E-state index is 0.0525. The standard InChI is InChI=1S/C18H22N4O2/c1-11-5-6-15-14(8-20-22(15)12(11)2)16(23)21-9-13-4-3-7-18(13,10-21)17(19)24/h5-6,8,13H,3-4,7,9-10H2,1-2H3,(H2,19,24)/t13-,18-/m0/s1. The Morgan fingerprint density at radius 3 is 2.83 bits per heavy atom. The van der Waals surface area contributed by atoms with Gasteiger partial charge in [0.2, 0.25) is 5.91 Å². The fourth-order valence-corrected chi connectivity index (χ4v) is 4.46. The number of amides is 2. The molecule has 1 saturated carbocycles. The molecular weight excluding hydrogens is 304 g/mol. The molecule has 1 aliphatic carbocycles. The lowest BCUT2D eigenvalue weighted by Gasteiger charge is -2.24. The van der Waals surface area contributed by atoms with Crippen molar-refractivity contribution in [1.82, 2.24) is 14.5 Å². The molecular formula is C18H22N4O2. The highest BCUT2D eigenvalue weighted by Crippen LogP contribution is 2.48. The topological polar surface area (TPSA) is 80.7 Å². The molecule has 1 aliphatic heterocycles. The van der Waals surface area contributed by atoms with Crippen LogP contribution >= 0.6 is 0 Å². The Morgan fingerprint density at radius 1 is 1.33 bits per heavy atom. The van der Waals surface area contributed by atoms with Gasteiger partial charge in [0.25, 0.3) is 5.91 Å². The first-order valence-corrected chi connectivity index (χ1v) is 8.47. The highest BCUT2D eigenvalue weighted by Gasteiger charge is 2.54. The van der Waals surface area contributed by atoms with Crippen LogP contribution in [0.4, 0.5) is 0 Å². The Hall–Kier alpha value is -2.37. The predicted molar refractivity (Wildman–Crippen MR) is 89.5 cm³/mol. The number of nitrogens with two attached hydrogens (primary N) is 1. The molecule has 0 unspecified atom stereocenters. The van der Waals surface area contributed by atoms with Crippen molar-refractivity contribution in [3.63, 3.8) is 0 Å². The first-order valence-electron chi connectivity index (χ1n) is 8.47. The van der Waals surface area contributed by atoms with Gasteiger partial charge in [0.1, 0.15) is 0 Å². The number of likely N-dealkylation sites (tertiary alicyclic amines) is 1. The molecule has 0 radical (unpaired) electrons. The average Bonchev–Trinajstić information content (AvgIpc) is 3.21. The number of primary amides is 1. The highest BCUT2D eigenvalue weighted by molar-refractivity contribution is 6.01. The van der Waals surface area contributed by atoms with Crippen LogP contribution in [0.15, 0.2) is 18.3 Å². The van der Waals surface area contributed by atoms with Crippen molar-refractivity contribution in [1.29, 1.82) is 0 Å². The quantitative estimate of drug-likeness (QED) is 0.911. The van der Waals surface area contributed by atoms with Crippen molar-refractivity contribution < 1.29 is 9.59 Å². The molecule has 4 rings (SSSR count). The third-order valence-corrected chi connectivity index (χ3v) is 6.07. The number of carbonyl (C=O) groups is 2. The van der Waals surface area contributed by atoms with Gasteiger partial charge in [-0.3, -0.25) is 9.59 Å². The van der Waals surface area contributed by atoms with Crippen LogP contribution in [0.25, 0.3) is 5.52 Å². The smallest absolute Gasteiger partial charge is 0.257 e. The van der Waals surface area contributed by atoms with E-state index in [1.54, 1.807) is 11.1 Å². The van der Waals surface area contributed by atoms with E-state index < -0.39 is 5.41 Å². The number of aromatic nitrogens is 2. The van der Waals surface area contributed by atoms with Gasteiger partial charge in [0, 0.05) is 18.8 Å². The zero-order chi connectivity index (χ0) is 17.1. The van der Waals surface area contributed by atoms with Crippen LogP contribution in [0.1, 0.15) is 40.9 Å². The molecule has 0 spiro atoms. The van der Waals surface area contributed by atoms with Gasteiger partial charge in [-0.15, -0.1) is 0 Å². The molecule has 2 aromatic rings. The molecule has 3 heterocycles. The van der Waals surface area contributed by atoms with E-state index in [4.69, 9.17) is 5.73 Å². The summed E-state index contributed by atoms with van der Waals surface area (Å²) in [4.78, 5) is 26.8. The predicted octanol–water partition coefficient (Wildman–Crippen LogP) is 1.68. The van der Waals surface area contributed by atoms with Crippen molar-refractivity contribution >= 4 is 17.3 Å². The zero-order valence-electron chi connectivity index (χ0n) is 14.1. The first-order chi connectivity index (χ1) is 11.4. The van der Waals surface area contributed by atoms with E-state index in [1.165, 1.54) is 0 Å². The molecule has 2 aromatic heterocycles. The van der Waals surface area contributed by atoms with Gasteiger partial charge in [0.05, 0.1) is 22.7 Å². The molecule has 2 atom stereocenters. The average molecular weight is 326 g/mol. The molecule has 6 heteroatoms. The number of nitrogens with zero attached hydrogens (tertiary/aromatic N) is 3. The summed E-state index contributed by atoms with van der Waals surface area (Å²) in [5.41, 5.74) is 8.73. The molecule has 1 saturated heterocycles. The lowest BCUT2D eigenvalue weighted by Crippen LogP contribution is -2.41. The number of carbonyl (C=O) groups excluding carboxylic acids is 2. The van der Waals surface area contributed by atoms with E-state index >= 15 is 0 Å². The minimum atomic E-state index is -0.523. The maximum absolute atomic E-state index is 13.0. The molecule has 2 amide bonds. The van der Waals surface area contributed by atoms with E-state index in [9.17, 15) is 9.59 Å². The summed E-state index contributed by atoms with van der Waals surface area (Å²) in [5, 5.41) is 4.37. The number of fused-ring (bicyclic) bond motifs is 2. The Bertz CT molecular complexity index is 856. The normalized spacial score (nSPS) is 26.1. The summed E-state index contributed by atoms with van der Waals surface area (Å²) in [6, 6.07) is 3.94. The van der Waals surface area contributed by atoms with Crippen molar-refractivity contribution in [3.8, 4) is 0 Å². The van der Waals surface area contributed by atoms with E-state index in [1.807, 2.05) is 30.5 Å². The molecule has 2 aliphatic rings. The second-order valence-corrected chi connectivity index (χ2v) is 7.25. The summed E-state index contributed by atoms with van der Waals surface area (Å²) in [6.45, 7) is 5.07. The largest absolute Gasteiger partial charge is 0.369 e. The van der Waals surface area contributed by atoms with Crippen molar-refractivity contribution in [2.75, 3.05) is 13.1 Å². The second kappa shape index (κ2) is 5.06. The lowest BCUT2D eigenvalue weighted by molar-refractivity contribution is -0.128. The van der Waals surface area contributed by atoms with Gasteiger partial charge in [-0.1, -0.05) is 12.5 Å². The van der Waals surface area contributed by atoms with E-state index in [0.29, 0.717) is 18.7 Å². The van der Waals surface area contributed by atoms with Crippen LogP contribution in [0.2, 0.25) is 0 Å². The van der Waals surface area contributed by atoms with E-state index in [2.05, 4.69) is 5.10 Å². The number of aryl methyl sites for hydroxylation is 2. The highest BCUT2D eigenvalue weighted by atomic mass is 16.2. The maximum atomic E-state index is 13.0. The fourth-order valence-electron chi connectivity index (χ4n) is 4.46. The molecule has 126 valence electrons. The summed E-state index contributed by atoms with van der Waals surface area (Å²) in [5.74, 6) is -0.111. The van der Waals surface area contributed by atoms with Crippen molar-refractivity contribution in [3.05, 3.63) is 35.2 Å². The summed E-state index contributed by atoms with van der Waals surface area (Å²) >= 11 is 0. The molecule has 2 fully saturated rings. The second-order valence-electron chi connectivity index (χ2n) is 7.25. The van der Waals surface area contributed by atoms with Gasteiger partial charge < -0.3 is 10.6 Å². The van der Waals surface area contributed by atoms with Gasteiger partial charge in [-0.2, -0.15) is 5.10 Å². The summed E-state index contributed by atoms with van der Waals surface area (Å²) < 4.78 is 1.81. The Kier molecular flexibility index (Phi) is 3.20. The maximum Gasteiger partial charge on any atom is 0.257 e. The van der Waals surface area contributed by atoms with E-state index in [0.717, 1.165) is 36.0 Å². The van der Waals surface area contributed by atoms with Crippen LogP contribution in [0.5, 0.6) is 0 Å². The van der Waals surface area contributed by atoms with E-state index in [-0.39, 0.29) is 17.7 Å². The molecule has 2 N–H and O–H groups in total. The first kappa shape index (κ1) is 15.2. The van der Waals surface area contributed by atoms with Gasteiger partial charge in [-0.05, 0) is 44.2 Å². The van der Waals surface area contributed by atoms with Crippen LogP contribution in [0.3, 0.4) is 0 Å². The monoisotopic (exact) mass is 326 g/mol. The lowest BCUT2D eigenvalue weighted by atomic mass is 9.80. The van der Waals surface area contributed by atoms with Gasteiger partial charge in [-0.25, -0.2) is 4.52 Å². The Balaban J connectivity index is 1.69.